The zero-order valence-electron chi connectivity index (χ0n) is 12.6. The van der Waals surface area contributed by atoms with Gasteiger partial charge in [0.1, 0.15) is 0 Å². The maximum Gasteiger partial charge on any atom is -0.0267 e. The van der Waals surface area contributed by atoms with Crippen LogP contribution < -0.4 is 0 Å². The summed E-state index contributed by atoms with van der Waals surface area (Å²) in [5.74, 6) is 4.93. The maximum absolute atomic E-state index is 2.61. The molecule has 0 aromatic heterocycles. The summed E-state index contributed by atoms with van der Waals surface area (Å²) in [6.07, 6.45) is 8.95. The molecule has 0 aromatic carbocycles. The molecule has 2 saturated carbocycles. The van der Waals surface area contributed by atoms with Crippen molar-refractivity contribution < 1.29 is 0 Å². The molecule has 0 aromatic rings. The fourth-order valence-corrected chi connectivity index (χ4v) is 5.04. The van der Waals surface area contributed by atoms with Crippen molar-refractivity contribution in [3.63, 3.8) is 0 Å². The van der Waals surface area contributed by atoms with E-state index in [0.29, 0.717) is 5.41 Å². The summed E-state index contributed by atoms with van der Waals surface area (Å²) in [4.78, 5) is 0. The molecule has 2 fully saturated rings. The summed E-state index contributed by atoms with van der Waals surface area (Å²) >= 11 is 0. The monoisotopic (exact) mass is 236 g/mol. The Morgan fingerprint density at radius 3 is 2.41 bits per heavy atom. The van der Waals surface area contributed by atoms with Gasteiger partial charge in [-0.15, -0.1) is 0 Å². The molecule has 5 atom stereocenters. The molecule has 0 aliphatic heterocycles. The zero-order chi connectivity index (χ0) is 12.6. The van der Waals surface area contributed by atoms with E-state index < -0.39 is 0 Å². The third-order valence-electron chi connectivity index (χ3n) is 6.50. The van der Waals surface area contributed by atoms with Crippen LogP contribution in [0.4, 0.5) is 0 Å². The highest BCUT2D eigenvalue weighted by Gasteiger charge is 2.50. The maximum atomic E-state index is 2.61. The van der Waals surface area contributed by atoms with E-state index in [1.54, 1.807) is 0 Å². The van der Waals surface area contributed by atoms with Crippen molar-refractivity contribution in [3.05, 3.63) is 0 Å². The molecule has 0 spiro atoms. The SMILES string of the molecule is CC[C@H](C)C1CC[C@@]2(C)C(CCC2C(C)C)C1. The van der Waals surface area contributed by atoms with Crippen molar-refractivity contribution in [1.29, 1.82) is 0 Å². The van der Waals surface area contributed by atoms with Gasteiger partial charge in [0.15, 0.2) is 0 Å². The van der Waals surface area contributed by atoms with Crippen molar-refractivity contribution in [2.45, 2.75) is 73.1 Å². The van der Waals surface area contributed by atoms with Crippen LogP contribution in [-0.4, -0.2) is 0 Å². The van der Waals surface area contributed by atoms with Gasteiger partial charge in [-0.1, -0.05) is 41.0 Å². The predicted octanol–water partition coefficient (Wildman–Crippen LogP) is 5.52. The van der Waals surface area contributed by atoms with Gasteiger partial charge in [0.05, 0.1) is 0 Å². The molecular formula is C17H32. The number of hydrogen-bond donors (Lipinski definition) is 0. The first-order chi connectivity index (χ1) is 7.99. The standard InChI is InChI=1S/C17H32/c1-6-13(4)14-9-10-17(5)15(11-14)7-8-16(17)12(2)3/h12-16H,6-11H2,1-5H3/t13-,14?,15?,16?,17-/m0/s1. The Bertz CT molecular complexity index is 255. The van der Waals surface area contributed by atoms with Crippen LogP contribution in [0.25, 0.3) is 0 Å². The van der Waals surface area contributed by atoms with Crippen LogP contribution in [0, 0.1) is 35.0 Å². The molecule has 17 heavy (non-hydrogen) atoms. The van der Waals surface area contributed by atoms with Gasteiger partial charge in [0.2, 0.25) is 0 Å². The second-order valence-electron chi connectivity index (χ2n) is 7.55. The van der Waals surface area contributed by atoms with Crippen molar-refractivity contribution in [2.75, 3.05) is 0 Å². The van der Waals surface area contributed by atoms with E-state index in [-0.39, 0.29) is 0 Å². The van der Waals surface area contributed by atoms with Crippen molar-refractivity contribution >= 4 is 0 Å². The van der Waals surface area contributed by atoms with Crippen molar-refractivity contribution in [2.24, 2.45) is 35.0 Å². The van der Waals surface area contributed by atoms with Gasteiger partial charge in [-0.05, 0) is 67.1 Å². The molecule has 0 saturated heterocycles. The second kappa shape index (κ2) is 4.94. The van der Waals surface area contributed by atoms with Crippen LogP contribution in [0.15, 0.2) is 0 Å². The zero-order valence-corrected chi connectivity index (χ0v) is 12.6. The molecule has 0 amide bonds. The fraction of sp³-hybridized carbons (Fsp3) is 1.00. The summed E-state index contributed by atoms with van der Waals surface area (Å²) in [5.41, 5.74) is 0.693. The third kappa shape index (κ3) is 2.29. The lowest BCUT2D eigenvalue weighted by Crippen LogP contribution is -2.38. The van der Waals surface area contributed by atoms with E-state index in [1.807, 2.05) is 0 Å². The van der Waals surface area contributed by atoms with Crippen LogP contribution >= 0.6 is 0 Å². The minimum absolute atomic E-state index is 0.693. The molecular weight excluding hydrogens is 204 g/mol. The van der Waals surface area contributed by atoms with Gasteiger partial charge in [-0.3, -0.25) is 0 Å². The molecule has 0 heteroatoms. The normalized spacial score (nSPS) is 43.8. The van der Waals surface area contributed by atoms with Crippen LogP contribution in [-0.2, 0) is 0 Å². The summed E-state index contributed by atoms with van der Waals surface area (Å²) in [7, 11) is 0. The van der Waals surface area contributed by atoms with Gasteiger partial charge in [-0.25, -0.2) is 0 Å². The average molecular weight is 236 g/mol. The lowest BCUT2D eigenvalue weighted by molar-refractivity contribution is 0.0347. The topological polar surface area (TPSA) is 0 Å². The summed E-state index contributed by atoms with van der Waals surface area (Å²) in [5, 5.41) is 0. The molecule has 0 bridgehead atoms. The van der Waals surface area contributed by atoms with Gasteiger partial charge in [0.25, 0.3) is 0 Å². The second-order valence-corrected chi connectivity index (χ2v) is 7.55. The van der Waals surface area contributed by atoms with E-state index in [9.17, 15) is 0 Å². The van der Waals surface area contributed by atoms with Crippen LogP contribution in [0.2, 0.25) is 0 Å². The van der Waals surface area contributed by atoms with E-state index in [1.165, 1.54) is 38.5 Å². The van der Waals surface area contributed by atoms with E-state index >= 15 is 0 Å². The first kappa shape index (κ1) is 13.4. The largest absolute Gasteiger partial charge is 0.0651 e. The molecule has 0 heterocycles. The molecule has 0 nitrogen and oxygen atoms in total. The van der Waals surface area contributed by atoms with Gasteiger partial charge >= 0.3 is 0 Å². The lowest BCUT2D eigenvalue weighted by atomic mass is 9.59. The van der Waals surface area contributed by atoms with E-state index in [4.69, 9.17) is 0 Å². The molecule has 2 aliphatic rings. The Kier molecular flexibility index (Phi) is 3.90. The lowest BCUT2D eigenvalue weighted by Gasteiger charge is -2.46. The molecule has 3 unspecified atom stereocenters. The quantitative estimate of drug-likeness (QED) is 0.605. The third-order valence-corrected chi connectivity index (χ3v) is 6.50. The van der Waals surface area contributed by atoms with E-state index in [0.717, 1.165) is 29.6 Å². The predicted molar refractivity (Wildman–Crippen MR) is 76.0 cm³/mol. The van der Waals surface area contributed by atoms with Gasteiger partial charge in [0, 0.05) is 0 Å². The molecule has 100 valence electrons. The van der Waals surface area contributed by atoms with Crippen LogP contribution in [0.5, 0.6) is 0 Å². The molecule has 0 radical (unpaired) electrons. The Balaban J connectivity index is 2.05. The molecule has 2 rings (SSSR count). The smallest absolute Gasteiger partial charge is 0.0267 e. The Morgan fingerprint density at radius 2 is 1.82 bits per heavy atom. The summed E-state index contributed by atoms with van der Waals surface area (Å²) in [6, 6.07) is 0. The van der Waals surface area contributed by atoms with Crippen molar-refractivity contribution in [3.8, 4) is 0 Å². The Hall–Kier alpha value is 0. The highest BCUT2D eigenvalue weighted by Crippen LogP contribution is 2.59. The van der Waals surface area contributed by atoms with Gasteiger partial charge < -0.3 is 0 Å². The number of fused-ring (bicyclic) bond motifs is 1. The minimum Gasteiger partial charge on any atom is -0.0651 e. The first-order valence-corrected chi connectivity index (χ1v) is 7.99. The Labute approximate surface area is 109 Å². The highest BCUT2D eigenvalue weighted by atomic mass is 14.5. The fourth-order valence-electron chi connectivity index (χ4n) is 5.04. The number of rotatable bonds is 3. The van der Waals surface area contributed by atoms with Crippen LogP contribution in [0.3, 0.4) is 0 Å². The molecule has 2 aliphatic carbocycles. The highest BCUT2D eigenvalue weighted by molar-refractivity contribution is 5.00. The summed E-state index contributed by atoms with van der Waals surface area (Å²) < 4.78 is 0. The van der Waals surface area contributed by atoms with Gasteiger partial charge in [-0.2, -0.15) is 0 Å². The van der Waals surface area contributed by atoms with E-state index in [2.05, 4.69) is 34.6 Å². The van der Waals surface area contributed by atoms with Crippen molar-refractivity contribution in [1.82, 2.24) is 0 Å². The first-order valence-electron chi connectivity index (χ1n) is 7.99. The number of hydrogen-bond acceptors (Lipinski definition) is 0. The average Bonchev–Trinajstić information content (AvgIpc) is 2.64. The van der Waals surface area contributed by atoms with Crippen LogP contribution in [0.1, 0.15) is 73.1 Å². The summed E-state index contributed by atoms with van der Waals surface area (Å²) in [6.45, 7) is 12.3. The molecule has 0 N–H and O–H groups in total. The Morgan fingerprint density at radius 1 is 1.12 bits per heavy atom. The minimum atomic E-state index is 0.693.